The van der Waals surface area contributed by atoms with Crippen LogP contribution in [0.3, 0.4) is 0 Å². The first-order chi connectivity index (χ1) is 14.9. The zero-order valence-corrected chi connectivity index (χ0v) is 18.2. The number of carbonyl (C=O) groups is 1. The maximum atomic E-state index is 12.0. The van der Waals surface area contributed by atoms with Gasteiger partial charge in [-0.2, -0.15) is 5.06 Å². The van der Waals surface area contributed by atoms with Gasteiger partial charge in [0.2, 0.25) is 6.41 Å². The molecule has 1 amide bonds. The number of hydroxylamine groups is 1. The highest BCUT2D eigenvalue weighted by molar-refractivity contribution is 5.85. The van der Waals surface area contributed by atoms with Crippen LogP contribution >= 0.6 is 12.4 Å². The number of benzene rings is 3. The molecule has 0 bridgehead atoms. The maximum Gasteiger partial charge on any atom is 0.238 e. The fourth-order valence-electron chi connectivity index (χ4n) is 4.92. The molecular formula is C26H27ClN2O2. The normalized spacial score (nSPS) is 15.6. The molecule has 1 saturated heterocycles. The Bertz CT molecular complexity index is 1000. The molecule has 1 aliphatic heterocycles. The maximum absolute atomic E-state index is 12.0. The van der Waals surface area contributed by atoms with E-state index in [9.17, 15) is 4.79 Å². The van der Waals surface area contributed by atoms with Gasteiger partial charge in [0, 0.05) is 5.92 Å². The van der Waals surface area contributed by atoms with Gasteiger partial charge in [-0.25, -0.2) is 0 Å². The van der Waals surface area contributed by atoms with Crippen molar-refractivity contribution in [2.24, 2.45) is 0 Å². The van der Waals surface area contributed by atoms with Crippen LogP contribution in [0.2, 0.25) is 0 Å². The van der Waals surface area contributed by atoms with Crippen molar-refractivity contribution < 1.29 is 9.63 Å². The molecule has 1 heterocycles. The van der Waals surface area contributed by atoms with Gasteiger partial charge >= 0.3 is 0 Å². The average molecular weight is 435 g/mol. The standard InChI is InChI=1S/C26H26N2O2.ClH/c29-18-28(26-12-6-5-7-20(26)19-13-15-27-16-14-19)30-17-25-23-10-3-1-8-21(23)22-9-2-4-11-24(22)25;/h1-12,18-19,25,27H,13-17H2;1H. The number of anilines is 1. The van der Waals surface area contributed by atoms with E-state index in [4.69, 9.17) is 4.84 Å². The Balaban J connectivity index is 0.00000231. The summed E-state index contributed by atoms with van der Waals surface area (Å²) in [5, 5.41) is 4.85. The number of carbonyl (C=O) groups excluding carboxylic acids is 1. The molecule has 5 rings (SSSR count). The largest absolute Gasteiger partial charge is 0.317 e. The molecule has 0 atom stereocenters. The van der Waals surface area contributed by atoms with Crippen molar-refractivity contribution in [1.29, 1.82) is 0 Å². The van der Waals surface area contributed by atoms with E-state index in [1.807, 2.05) is 18.2 Å². The van der Waals surface area contributed by atoms with Crippen molar-refractivity contribution in [3.8, 4) is 11.1 Å². The van der Waals surface area contributed by atoms with Crippen LogP contribution in [-0.2, 0) is 9.63 Å². The van der Waals surface area contributed by atoms with Crippen LogP contribution in [0.15, 0.2) is 72.8 Å². The van der Waals surface area contributed by atoms with E-state index in [2.05, 4.69) is 59.9 Å². The Kier molecular flexibility index (Phi) is 6.71. The van der Waals surface area contributed by atoms with E-state index >= 15 is 0 Å². The second kappa shape index (κ2) is 9.65. The molecule has 31 heavy (non-hydrogen) atoms. The van der Waals surface area contributed by atoms with Crippen molar-refractivity contribution in [2.45, 2.75) is 24.7 Å². The van der Waals surface area contributed by atoms with Gasteiger partial charge in [0.1, 0.15) is 0 Å². The first-order valence-corrected chi connectivity index (χ1v) is 10.7. The third-order valence-corrected chi connectivity index (χ3v) is 6.39. The summed E-state index contributed by atoms with van der Waals surface area (Å²) in [4.78, 5) is 18.2. The molecule has 0 saturated carbocycles. The second-order valence-electron chi connectivity index (χ2n) is 8.04. The zero-order valence-electron chi connectivity index (χ0n) is 17.4. The third kappa shape index (κ3) is 4.11. The average Bonchev–Trinajstić information content (AvgIpc) is 3.14. The second-order valence-corrected chi connectivity index (χ2v) is 8.04. The first-order valence-electron chi connectivity index (χ1n) is 10.7. The number of rotatable bonds is 6. The van der Waals surface area contributed by atoms with E-state index in [0.29, 0.717) is 12.5 Å². The number of halogens is 1. The van der Waals surface area contributed by atoms with E-state index in [0.717, 1.165) is 38.0 Å². The lowest BCUT2D eigenvalue weighted by atomic mass is 9.89. The SMILES string of the molecule is Cl.O=CN(OCC1c2ccccc2-c2ccccc21)c1ccccc1C1CCNCC1. The summed E-state index contributed by atoms with van der Waals surface area (Å²) in [5.41, 5.74) is 7.09. The van der Waals surface area contributed by atoms with Crippen LogP contribution < -0.4 is 10.4 Å². The van der Waals surface area contributed by atoms with Gasteiger partial charge in [-0.3, -0.25) is 9.63 Å². The molecule has 0 radical (unpaired) electrons. The monoisotopic (exact) mass is 434 g/mol. The zero-order chi connectivity index (χ0) is 20.3. The summed E-state index contributed by atoms with van der Waals surface area (Å²) in [6.45, 7) is 2.44. The van der Waals surface area contributed by atoms with Crippen LogP contribution in [0.25, 0.3) is 11.1 Å². The van der Waals surface area contributed by atoms with Crippen LogP contribution in [0.5, 0.6) is 0 Å². The number of nitrogens with one attached hydrogen (secondary N) is 1. The molecule has 0 spiro atoms. The summed E-state index contributed by atoms with van der Waals surface area (Å²) >= 11 is 0. The number of para-hydroxylation sites is 1. The number of piperidine rings is 1. The molecule has 4 nitrogen and oxygen atoms in total. The molecule has 3 aromatic carbocycles. The minimum Gasteiger partial charge on any atom is -0.317 e. The fourth-order valence-corrected chi connectivity index (χ4v) is 4.92. The number of amides is 1. The van der Waals surface area contributed by atoms with Crippen LogP contribution in [0, 0.1) is 0 Å². The number of hydrogen-bond donors (Lipinski definition) is 1. The van der Waals surface area contributed by atoms with Crippen molar-refractivity contribution in [1.82, 2.24) is 5.32 Å². The van der Waals surface area contributed by atoms with E-state index in [1.165, 1.54) is 32.9 Å². The lowest BCUT2D eigenvalue weighted by Gasteiger charge is -2.28. The topological polar surface area (TPSA) is 41.6 Å². The summed E-state index contributed by atoms with van der Waals surface area (Å²) in [5.74, 6) is 0.562. The Morgan fingerprint density at radius 1 is 0.839 bits per heavy atom. The minimum atomic E-state index is 0. The Morgan fingerprint density at radius 3 is 2.00 bits per heavy atom. The van der Waals surface area contributed by atoms with Crippen molar-refractivity contribution >= 4 is 24.5 Å². The molecular weight excluding hydrogens is 408 g/mol. The van der Waals surface area contributed by atoms with Gasteiger partial charge in [0.15, 0.2) is 0 Å². The molecule has 1 N–H and O–H groups in total. The molecule has 160 valence electrons. The lowest BCUT2D eigenvalue weighted by Crippen LogP contribution is -2.29. The predicted octanol–water partition coefficient (Wildman–Crippen LogP) is 5.28. The molecule has 1 fully saturated rings. The number of fused-ring (bicyclic) bond motifs is 3. The molecule has 2 aliphatic rings. The van der Waals surface area contributed by atoms with E-state index in [1.54, 1.807) is 0 Å². The summed E-state index contributed by atoms with van der Waals surface area (Å²) in [6.07, 6.45) is 2.95. The fraction of sp³-hybridized carbons (Fsp3) is 0.269. The van der Waals surface area contributed by atoms with Gasteiger partial charge < -0.3 is 5.32 Å². The number of hydrogen-bond acceptors (Lipinski definition) is 3. The Labute approximate surface area is 189 Å². The molecule has 0 aromatic heterocycles. The van der Waals surface area contributed by atoms with Gasteiger partial charge in [0.25, 0.3) is 0 Å². The Morgan fingerprint density at radius 2 is 1.39 bits per heavy atom. The highest BCUT2D eigenvalue weighted by Crippen LogP contribution is 2.44. The van der Waals surface area contributed by atoms with E-state index < -0.39 is 0 Å². The van der Waals surface area contributed by atoms with Gasteiger partial charge in [-0.05, 0) is 65.7 Å². The molecule has 1 aliphatic carbocycles. The predicted molar refractivity (Wildman–Crippen MR) is 127 cm³/mol. The smallest absolute Gasteiger partial charge is 0.238 e. The summed E-state index contributed by atoms with van der Waals surface area (Å²) < 4.78 is 0. The minimum absolute atomic E-state index is 0. The van der Waals surface area contributed by atoms with Gasteiger partial charge in [-0.15, -0.1) is 12.4 Å². The number of nitrogens with zero attached hydrogens (tertiary/aromatic N) is 1. The first kappa shape index (κ1) is 21.6. The van der Waals surface area contributed by atoms with Crippen molar-refractivity contribution in [3.05, 3.63) is 89.5 Å². The van der Waals surface area contributed by atoms with Crippen molar-refractivity contribution in [3.63, 3.8) is 0 Å². The molecule has 3 aromatic rings. The van der Waals surface area contributed by atoms with Crippen LogP contribution in [0.1, 0.15) is 41.4 Å². The van der Waals surface area contributed by atoms with Gasteiger partial charge in [0.05, 0.1) is 12.3 Å². The quantitative estimate of drug-likeness (QED) is 0.423. The molecule has 0 unspecified atom stereocenters. The van der Waals surface area contributed by atoms with Crippen LogP contribution in [-0.4, -0.2) is 26.1 Å². The summed E-state index contributed by atoms with van der Waals surface area (Å²) in [6, 6.07) is 25.1. The highest BCUT2D eigenvalue weighted by atomic mass is 35.5. The van der Waals surface area contributed by atoms with Crippen molar-refractivity contribution in [2.75, 3.05) is 24.8 Å². The van der Waals surface area contributed by atoms with Crippen LogP contribution in [0.4, 0.5) is 5.69 Å². The third-order valence-electron chi connectivity index (χ3n) is 6.39. The highest BCUT2D eigenvalue weighted by Gasteiger charge is 2.29. The Hall–Kier alpha value is -2.66. The molecule has 5 heteroatoms. The lowest BCUT2D eigenvalue weighted by molar-refractivity contribution is -0.114. The van der Waals surface area contributed by atoms with Gasteiger partial charge in [-0.1, -0.05) is 66.7 Å². The summed E-state index contributed by atoms with van der Waals surface area (Å²) in [7, 11) is 0. The van der Waals surface area contributed by atoms with E-state index in [-0.39, 0.29) is 18.3 Å².